The smallest absolute Gasteiger partial charge is 0.246 e. The summed E-state index contributed by atoms with van der Waals surface area (Å²) >= 11 is 0. The van der Waals surface area contributed by atoms with Crippen LogP contribution in [0.15, 0.2) is 48.9 Å². The fraction of sp³-hybridized carbons (Fsp3) is 0.235. The zero-order valence-corrected chi connectivity index (χ0v) is 14.3. The second-order valence-electron chi connectivity index (χ2n) is 5.85. The number of pyridine rings is 1. The van der Waals surface area contributed by atoms with E-state index in [-0.39, 0.29) is 0 Å². The van der Waals surface area contributed by atoms with Crippen LogP contribution in [0.1, 0.15) is 0 Å². The van der Waals surface area contributed by atoms with Crippen molar-refractivity contribution in [3.05, 3.63) is 48.9 Å². The van der Waals surface area contributed by atoms with Crippen molar-refractivity contribution in [1.82, 2.24) is 19.7 Å². The molecule has 0 saturated carbocycles. The van der Waals surface area contributed by atoms with E-state index in [2.05, 4.69) is 25.3 Å². The molecule has 3 rings (SSSR count). The van der Waals surface area contributed by atoms with Gasteiger partial charge in [0, 0.05) is 51.8 Å². The van der Waals surface area contributed by atoms with Gasteiger partial charge in [0.05, 0.1) is 5.69 Å². The highest BCUT2D eigenvalue weighted by Crippen LogP contribution is 2.19. The molecule has 1 aromatic carbocycles. The van der Waals surface area contributed by atoms with E-state index in [0.717, 1.165) is 22.9 Å². The van der Waals surface area contributed by atoms with Crippen LogP contribution in [0.3, 0.4) is 0 Å². The Balaban J connectivity index is 1.77. The Hall–Kier alpha value is -3.09. The molecule has 0 radical (unpaired) electrons. The number of rotatable bonds is 5. The van der Waals surface area contributed by atoms with Gasteiger partial charge in [-0.05, 0) is 30.3 Å². The zero-order chi connectivity index (χ0) is 17.1. The van der Waals surface area contributed by atoms with E-state index in [0.29, 0.717) is 5.95 Å². The quantitative estimate of drug-likeness (QED) is 0.778. The maximum absolute atomic E-state index is 4.47. The summed E-state index contributed by atoms with van der Waals surface area (Å²) in [4.78, 5) is 12.6. The number of anilines is 4. The molecule has 0 fully saturated rings. The lowest BCUT2D eigenvalue weighted by Crippen LogP contribution is -2.11. The molecule has 0 bridgehead atoms. The van der Waals surface area contributed by atoms with Crippen LogP contribution in [0.25, 0.3) is 5.69 Å². The minimum atomic E-state index is 0.552. The lowest BCUT2D eigenvalue weighted by atomic mass is 10.2. The third-order valence-corrected chi connectivity index (χ3v) is 3.58. The van der Waals surface area contributed by atoms with E-state index >= 15 is 0 Å². The number of nitrogens with one attached hydrogen (secondary N) is 1. The normalized spacial score (nSPS) is 10.5. The summed E-state index contributed by atoms with van der Waals surface area (Å²) in [6.07, 6.45) is 3.45. The van der Waals surface area contributed by atoms with Crippen molar-refractivity contribution in [1.29, 1.82) is 0 Å². The van der Waals surface area contributed by atoms with Gasteiger partial charge in [0.1, 0.15) is 12.1 Å². The van der Waals surface area contributed by atoms with Crippen LogP contribution in [-0.2, 0) is 0 Å². The molecule has 124 valence electrons. The molecule has 0 aliphatic heterocycles. The lowest BCUT2D eigenvalue weighted by Gasteiger charge is -2.12. The molecule has 7 nitrogen and oxygen atoms in total. The first kappa shape index (κ1) is 15.8. The molecule has 1 N–H and O–H groups in total. The van der Waals surface area contributed by atoms with Gasteiger partial charge in [-0.15, -0.1) is 5.10 Å². The van der Waals surface area contributed by atoms with E-state index in [1.165, 1.54) is 0 Å². The van der Waals surface area contributed by atoms with Gasteiger partial charge in [0.15, 0.2) is 0 Å². The molecule has 0 spiro atoms. The summed E-state index contributed by atoms with van der Waals surface area (Å²) in [6, 6.07) is 12.0. The second-order valence-corrected chi connectivity index (χ2v) is 5.85. The van der Waals surface area contributed by atoms with Crippen LogP contribution < -0.4 is 15.1 Å². The molecule has 0 atom stereocenters. The van der Waals surface area contributed by atoms with Crippen molar-refractivity contribution < 1.29 is 0 Å². The van der Waals surface area contributed by atoms with Crippen molar-refractivity contribution >= 4 is 23.1 Å². The Morgan fingerprint density at radius 3 is 2.33 bits per heavy atom. The lowest BCUT2D eigenvalue weighted by molar-refractivity contribution is 0.876. The summed E-state index contributed by atoms with van der Waals surface area (Å²) in [7, 11) is 7.94. The molecular formula is C17H21N7. The fourth-order valence-electron chi connectivity index (χ4n) is 2.21. The predicted molar refractivity (Wildman–Crippen MR) is 97.5 cm³/mol. The first-order valence-corrected chi connectivity index (χ1v) is 7.63. The van der Waals surface area contributed by atoms with Gasteiger partial charge >= 0.3 is 0 Å². The zero-order valence-electron chi connectivity index (χ0n) is 14.3. The third kappa shape index (κ3) is 3.45. The first-order chi connectivity index (χ1) is 11.5. The van der Waals surface area contributed by atoms with Crippen molar-refractivity contribution in [3.63, 3.8) is 0 Å². The molecule has 2 heterocycles. The molecule has 0 unspecified atom stereocenters. The fourth-order valence-corrected chi connectivity index (χ4v) is 2.21. The standard InChI is InChI=1S/C17H21N7/c1-22(2)14-7-5-13(6-8-14)20-17-19-12-24(21-17)15-9-10-18-16(11-15)23(3)4/h5-12H,1-4H3,(H,20,21). The Labute approximate surface area is 141 Å². The Morgan fingerprint density at radius 2 is 1.67 bits per heavy atom. The van der Waals surface area contributed by atoms with Crippen LogP contribution in [0.4, 0.5) is 23.1 Å². The summed E-state index contributed by atoms with van der Waals surface area (Å²) in [5, 5.41) is 7.68. The Morgan fingerprint density at radius 1 is 0.917 bits per heavy atom. The van der Waals surface area contributed by atoms with E-state index in [1.807, 2.05) is 69.5 Å². The SMILES string of the molecule is CN(C)c1ccc(Nc2ncn(-c3ccnc(N(C)C)c3)n2)cc1. The highest BCUT2D eigenvalue weighted by Gasteiger charge is 2.06. The minimum Gasteiger partial charge on any atom is -0.378 e. The van der Waals surface area contributed by atoms with E-state index < -0.39 is 0 Å². The second kappa shape index (κ2) is 6.57. The summed E-state index contributed by atoms with van der Waals surface area (Å²) in [5.74, 6) is 1.42. The van der Waals surface area contributed by atoms with Crippen LogP contribution in [0, 0.1) is 0 Å². The first-order valence-electron chi connectivity index (χ1n) is 7.63. The van der Waals surface area contributed by atoms with E-state index in [4.69, 9.17) is 0 Å². The summed E-state index contributed by atoms with van der Waals surface area (Å²) in [6.45, 7) is 0. The molecule has 0 amide bonds. The summed E-state index contributed by atoms with van der Waals surface area (Å²) < 4.78 is 1.73. The highest BCUT2D eigenvalue weighted by atomic mass is 15.4. The van der Waals surface area contributed by atoms with Crippen LogP contribution in [0.2, 0.25) is 0 Å². The molecule has 0 saturated heterocycles. The van der Waals surface area contributed by atoms with E-state index in [1.54, 1.807) is 17.2 Å². The number of hydrogen-bond acceptors (Lipinski definition) is 6. The van der Waals surface area contributed by atoms with Gasteiger partial charge in [0.25, 0.3) is 0 Å². The van der Waals surface area contributed by atoms with Crippen molar-refractivity contribution in [2.45, 2.75) is 0 Å². The third-order valence-electron chi connectivity index (χ3n) is 3.58. The number of benzene rings is 1. The largest absolute Gasteiger partial charge is 0.378 e. The molecule has 2 aromatic heterocycles. The minimum absolute atomic E-state index is 0.552. The summed E-state index contributed by atoms with van der Waals surface area (Å²) in [5.41, 5.74) is 3.01. The van der Waals surface area contributed by atoms with Crippen LogP contribution >= 0.6 is 0 Å². The van der Waals surface area contributed by atoms with Gasteiger partial charge < -0.3 is 15.1 Å². The van der Waals surface area contributed by atoms with Crippen LogP contribution in [0.5, 0.6) is 0 Å². The predicted octanol–water partition coefficient (Wildman–Crippen LogP) is 2.54. The van der Waals surface area contributed by atoms with Crippen molar-refractivity contribution in [2.24, 2.45) is 0 Å². The van der Waals surface area contributed by atoms with E-state index in [9.17, 15) is 0 Å². The Kier molecular flexibility index (Phi) is 4.33. The number of aromatic nitrogens is 4. The molecule has 0 aliphatic carbocycles. The van der Waals surface area contributed by atoms with Gasteiger partial charge in [-0.1, -0.05) is 0 Å². The number of nitrogens with zero attached hydrogens (tertiary/aromatic N) is 6. The van der Waals surface area contributed by atoms with Crippen molar-refractivity contribution in [3.8, 4) is 5.69 Å². The van der Waals surface area contributed by atoms with Gasteiger partial charge in [0.2, 0.25) is 5.95 Å². The maximum atomic E-state index is 4.47. The highest BCUT2D eigenvalue weighted by molar-refractivity contribution is 5.58. The topological polar surface area (TPSA) is 62.1 Å². The molecule has 3 aromatic rings. The molecular weight excluding hydrogens is 302 g/mol. The van der Waals surface area contributed by atoms with Gasteiger partial charge in [-0.25, -0.2) is 9.67 Å². The van der Waals surface area contributed by atoms with Crippen LogP contribution in [-0.4, -0.2) is 47.9 Å². The number of hydrogen-bond donors (Lipinski definition) is 1. The molecule has 0 aliphatic rings. The Bertz CT molecular complexity index is 806. The maximum Gasteiger partial charge on any atom is 0.246 e. The average Bonchev–Trinajstić information content (AvgIpc) is 3.04. The molecule has 24 heavy (non-hydrogen) atoms. The van der Waals surface area contributed by atoms with Gasteiger partial charge in [-0.3, -0.25) is 0 Å². The monoisotopic (exact) mass is 323 g/mol. The van der Waals surface area contributed by atoms with Crippen molar-refractivity contribution in [2.75, 3.05) is 43.3 Å². The molecule has 7 heteroatoms. The van der Waals surface area contributed by atoms with Gasteiger partial charge in [-0.2, -0.15) is 4.98 Å². The average molecular weight is 323 g/mol.